The van der Waals surface area contributed by atoms with E-state index in [2.05, 4.69) is 0 Å². The number of para-hydroxylation sites is 1. The third kappa shape index (κ3) is 2.24. The zero-order chi connectivity index (χ0) is 13.4. The van der Waals surface area contributed by atoms with Crippen molar-refractivity contribution < 1.29 is 14.3 Å². The van der Waals surface area contributed by atoms with Crippen molar-refractivity contribution in [1.82, 2.24) is 4.90 Å². The number of furan rings is 1. The van der Waals surface area contributed by atoms with Crippen LogP contribution in [0.15, 0.2) is 34.7 Å². The van der Waals surface area contributed by atoms with Gasteiger partial charge in [-0.3, -0.25) is 4.79 Å². The molecule has 1 aromatic carbocycles. The molecule has 100 valence electrons. The molecule has 0 aliphatic carbocycles. The Morgan fingerprint density at radius 1 is 1.42 bits per heavy atom. The number of amides is 1. The molecule has 2 aromatic rings. The minimum Gasteiger partial charge on any atom is -0.451 e. The van der Waals surface area contributed by atoms with Crippen LogP contribution in [0, 0.1) is 5.92 Å². The van der Waals surface area contributed by atoms with Crippen LogP contribution in [0.5, 0.6) is 0 Å². The molecule has 1 N–H and O–H groups in total. The van der Waals surface area contributed by atoms with Crippen LogP contribution >= 0.6 is 0 Å². The largest absolute Gasteiger partial charge is 0.451 e. The highest BCUT2D eigenvalue weighted by Crippen LogP contribution is 2.23. The number of β-amino-alcohol motifs (C(OH)–C–C–N with tert-alkyl or cyclic N) is 1. The Hall–Kier alpha value is -1.81. The number of likely N-dealkylation sites (tertiary alicyclic amines) is 1. The van der Waals surface area contributed by atoms with E-state index in [0.717, 1.165) is 17.4 Å². The quantitative estimate of drug-likeness (QED) is 0.854. The topological polar surface area (TPSA) is 53.7 Å². The van der Waals surface area contributed by atoms with Crippen molar-refractivity contribution in [2.45, 2.75) is 19.4 Å². The van der Waals surface area contributed by atoms with Crippen molar-refractivity contribution in [1.29, 1.82) is 0 Å². The maximum absolute atomic E-state index is 12.3. The van der Waals surface area contributed by atoms with Crippen LogP contribution in [-0.4, -0.2) is 35.1 Å². The molecule has 0 bridgehead atoms. The zero-order valence-electron chi connectivity index (χ0n) is 10.9. The fourth-order valence-electron chi connectivity index (χ4n) is 2.48. The van der Waals surface area contributed by atoms with Crippen molar-refractivity contribution >= 4 is 16.9 Å². The molecule has 0 spiro atoms. The van der Waals surface area contributed by atoms with E-state index in [1.54, 1.807) is 11.0 Å². The lowest BCUT2D eigenvalue weighted by Crippen LogP contribution is -2.45. The van der Waals surface area contributed by atoms with Crippen molar-refractivity contribution in [3.63, 3.8) is 0 Å². The number of benzene rings is 1. The number of aliphatic hydroxyl groups excluding tert-OH is 1. The number of rotatable bonds is 1. The molecular formula is C15H17NO3. The molecule has 2 atom stereocenters. The highest BCUT2D eigenvalue weighted by molar-refractivity contribution is 5.96. The molecule has 1 saturated heterocycles. The molecule has 19 heavy (non-hydrogen) atoms. The lowest BCUT2D eigenvalue weighted by atomic mass is 9.96. The summed E-state index contributed by atoms with van der Waals surface area (Å²) in [5.74, 6) is 0.463. The third-order valence-electron chi connectivity index (χ3n) is 3.84. The molecule has 4 heteroatoms. The Labute approximate surface area is 111 Å². The summed E-state index contributed by atoms with van der Waals surface area (Å²) < 4.78 is 5.57. The summed E-state index contributed by atoms with van der Waals surface area (Å²) in [6.45, 7) is 3.07. The Morgan fingerprint density at radius 2 is 2.21 bits per heavy atom. The first kappa shape index (κ1) is 12.2. The van der Waals surface area contributed by atoms with Crippen LogP contribution in [0.2, 0.25) is 0 Å². The smallest absolute Gasteiger partial charge is 0.289 e. The Kier molecular flexibility index (Phi) is 3.03. The molecule has 0 radical (unpaired) electrons. The van der Waals surface area contributed by atoms with E-state index in [4.69, 9.17) is 4.42 Å². The molecule has 1 fully saturated rings. The summed E-state index contributed by atoms with van der Waals surface area (Å²) in [6.07, 6.45) is 0.384. The Balaban J connectivity index is 1.83. The van der Waals surface area contributed by atoms with E-state index in [9.17, 15) is 9.90 Å². The van der Waals surface area contributed by atoms with Gasteiger partial charge in [-0.2, -0.15) is 0 Å². The van der Waals surface area contributed by atoms with E-state index in [-0.39, 0.29) is 11.8 Å². The first-order chi connectivity index (χ1) is 9.15. The average molecular weight is 259 g/mol. The molecule has 1 aliphatic heterocycles. The van der Waals surface area contributed by atoms with Crippen molar-refractivity contribution in [3.05, 3.63) is 36.1 Å². The Bertz CT molecular complexity index is 571. The highest BCUT2D eigenvalue weighted by atomic mass is 16.3. The molecule has 1 aromatic heterocycles. The van der Waals surface area contributed by atoms with Gasteiger partial charge in [0.15, 0.2) is 5.76 Å². The molecule has 2 unspecified atom stereocenters. The van der Waals surface area contributed by atoms with Gasteiger partial charge in [0.1, 0.15) is 5.58 Å². The summed E-state index contributed by atoms with van der Waals surface area (Å²) in [5, 5.41) is 10.8. The van der Waals surface area contributed by atoms with Gasteiger partial charge in [-0.1, -0.05) is 25.1 Å². The van der Waals surface area contributed by atoms with Crippen molar-refractivity contribution in [2.24, 2.45) is 5.92 Å². The summed E-state index contributed by atoms with van der Waals surface area (Å²) in [4.78, 5) is 14.0. The van der Waals surface area contributed by atoms with Gasteiger partial charge < -0.3 is 14.4 Å². The average Bonchev–Trinajstić information content (AvgIpc) is 2.85. The van der Waals surface area contributed by atoms with Crippen molar-refractivity contribution in [3.8, 4) is 0 Å². The van der Waals surface area contributed by atoms with E-state index >= 15 is 0 Å². The van der Waals surface area contributed by atoms with E-state index in [1.165, 1.54) is 0 Å². The second kappa shape index (κ2) is 4.70. The number of nitrogens with zero attached hydrogens (tertiary/aromatic N) is 1. The van der Waals surface area contributed by atoms with Crippen LogP contribution < -0.4 is 0 Å². The number of fused-ring (bicyclic) bond motifs is 1. The SMILES string of the molecule is CC1CCN(C(=O)c2cc3ccccc3o2)CC1O. The van der Waals surface area contributed by atoms with E-state index in [1.807, 2.05) is 31.2 Å². The van der Waals surface area contributed by atoms with Crippen LogP contribution in [-0.2, 0) is 0 Å². The zero-order valence-corrected chi connectivity index (χ0v) is 10.9. The summed E-state index contributed by atoms with van der Waals surface area (Å²) in [6, 6.07) is 9.33. The molecule has 3 rings (SSSR count). The van der Waals surface area contributed by atoms with Gasteiger partial charge in [0.25, 0.3) is 5.91 Å². The lowest BCUT2D eigenvalue weighted by Gasteiger charge is -2.33. The van der Waals surface area contributed by atoms with Crippen LogP contribution in [0.4, 0.5) is 0 Å². The maximum Gasteiger partial charge on any atom is 0.289 e. The lowest BCUT2D eigenvalue weighted by molar-refractivity contribution is 0.0232. The van der Waals surface area contributed by atoms with Gasteiger partial charge in [0.05, 0.1) is 6.10 Å². The Morgan fingerprint density at radius 3 is 2.95 bits per heavy atom. The number of hydrogen-bond donors (Lipinski definition) is 1. The fraction of sp³-hybridized carbons (Fsp3) is 0.400. The number of piperidine rings is 1. The first-order valence-electron chi connectivity index (χ1n) is 6.61. The molecule has 0 saturated carbocycles. The molecule has 1 amide bonds. The predicted octanol–water partition coefficient (Wildman–Crippen LogP) is 2.28. The number of carbonyl (C=O) groups excluding carboxylic acids is 1. The first-order valence-corrected chi connectivity index (χ1v) is 6.61. The number of carbonyl (C=O) groups is 1. The van der Waals surface area contributed by atoms with Gasteiger partial charge in [-0.15, -0.1) is 0 Å². The van der Waals surface area contributed by atoms with Gasteiger partial charge in [0, 0.05) is 18.5 Å². The molecule has 2 heterocycles. The normalized spacial score (nSPS) is 23.8. The fourth-order valence-corrected chi connectivity index (χ4v) is 2.48. The minimum atomic E-state index is -0.443. The standard InChI is InChI=1S/C15H17NO3/c1-10-6-7-16(9-12(10)17)15(18)14-8-11-4-2-3-5-13(11)19-14/h2-5,8,10,12,17H,6-7,9H2,1H3. The molecule has 1 aliphatic rings. The maximum atomic E-state index is 12.3. The van der Waals surface area contributed by atoms with Crippen LogP contribution in [0.1, 0.15) is 23.9 Å². The summed E-state index contributed by atoms with van der Waals surface area (Å²) in [7, 11) is 0. The highest BCUT2D eigenvalue weighted by Gasteiger charge is 2.29. The number of aliphatic hydroxyl groups is 1. The van der Waals surface area contributed by atoms with Crippen LogP contribution in [0.3, 0.4) is 0 Å². The minimum absolute atomic E-state index is 0.137. The molecular weight excluding hydrogens is 242 g/mol. The van der Waals surface area contributed by atoms with E-state index in [0.29, 0.717) is 18.8 Å². The third-order valence-corrected chi connectivity index (χ3v) is 3.84. The number of hydrogen-bond acceptors (Lipinski definition) is 3. The van der Waals surface area contributed by atoms with Gasteiger partial charge in [-0.25, -0.2) is 0 Å². The van der Waals surface area contributed by atoms with Crippen molar-refractivity contribution in [2.75, 3.05) is 13.1 Å². The monoisotopic (exact) mass is 259 g/mol. The summed E-state index contributed by atoms with van der Waals surface area (Å²) in [5.41, 5.74) is 0.719. The molecule has 4 nitrogen and oxygen atoms in total. The van der Waals surface area contributed by atoms with Gasteiger partial charge in [-0.05, 0) is 24.5 Å². The second-order valence-corrected chi connectivity index (χ2v) is 5.23. The van der Waals surface area contributed by atoms with Crippen LogP contribution in [0.25, 0.3) is 11.0 Å². The van der Waals surface area contributed by atoms with Gasteiger partial charge >= 0.3 is 0 Å². The second-order valence-electron chi connectivity index (χ2n) is 5.23. The summed E-state index contributed by atoms with van der Waals surface area (Å²) >= 11 is 0. The van der Waals surface area contributed by atoms with E-state index < -0.39 is 6.10 Å². The van der Waals surface area contributed by atoms with Gasteiger partial charge in [0.2, 0.25) is 0 Å². The predicted molar refractivity (Wildman–Crippen MR) is 71.9 cm³/mol.